The second-order valence-corrected chi connectivity index (χ2v) is 5.67. The van der Waals surface area contributed by atoms with E-state index in [0.717, 1.165) is 4.90 Å². The van der Waals surface area contributed by atoms with Gasteiger partial charge in [-0.3, -0.25) is 9.78 Å². The van der Waals surface area contributed by atoms with Crippen molar-refractivity contribution in [3.63, 3.8) is 0 Å². The molecule has 0 aliphatic heterocycles. The number of anilines is 2. The van der Waals surface area contributed by atoms with Gasteiger partial charge in [-0.2, -0.15) is 0 Å². The van der Waals surface area contributed by atoms with Crippen molar-refractivity contribution in [2.24, 2.45) is 0 Å². The first-order valence-electron chi connectivity index (χ1n) is 6.03. The summed E-state index contributed by atoms with van der Waals surface area (Å²) in [4.78, 5) is 16.9. The number of carbonyl (C=O) groups excluding carboxylic acids is 1. The normalized spacial score (nSPS) is 10.2. The van der Waals surface area contributed by atoms with E-state index < -0.39 is 0 Å². The first kappa shape index (κ1) is 14.7. The van der Waals surface area contributed by atoms with Crippen LogP contribution in [0.5, 0.6) is 0 Å². The van der Waals surface area contributed by atoms with Gasteiger partial charge in [-0.05, 0) is 30.3 Å². The molecular formula is C14H14ClN3OS. The molecule has 0 aliphatic carbocycles. The average molecular weight is 308 g/mol. The smallest absolute Gasteiger partial charge is 0.225 e. The third kappa shape index (κ3) is 4.43. The molecule has 1 heterocycles. The Morgan fingerprint density at radius 3 is 2.75 bits per heavy atom. The van der Waals surface area contributed by atoms with Crippen molar-refractivity contribution in [3.8, 4) is 0 Å². The van der Waals surface area contributed by atoms with Crippen molar-refractivity contribution < 1.29 is 4.79 Å². The fourth-order valence-electron chi connectivity index (χ4n) is 1.56. The van der Waals surface area contributed by atoms with Crippen LogP contribution >= 0.6 is 23.4 Å². The Labute approximate surface area is 126 Å². The second-order valence-electron chi connectivity index (χ2n) is 4.06. The van der Waals surface area contributed by atoms with Crippen LogP contribution < -0.4 is 11.1 Å². The summed E-state index contributed by atoms with van der Waals surface area (Å²) in [6.45, 7) is 0. The van der Waals surface area contributed by atoms with E-state index in [1.807, 2.05) is 12.1 Å². The summed E-state index contributed by atoms with van der Waals surface area (Å²) in [5, 5.41) is 3.33. The number of hydrogen-bond donors (Lipinski definition) is 2. The molecule has 2 rings (SSSR count). The molecule has 0 unspecified atom stereocenters. The number of thioether (sulfide) groups is 1. The maximum atomic E-state index is 11.8. The Bertz CT molecular complexity index is 592. The second kappa shape index (κ2) is 7.17. The van der Waals surface area contributed by atoms with Gasteiger partial charge in [0.2, 0.25) is 5.91 Å². The Morgan fingerprint density at radius 2 is 2.05 bits per heavy atom. The first-order valence-corrected chi connectivity index (χ1v) is 7.39. The van der Waals surface area contributed by atoms with Crippen LogP contribution in [0.1, 0.15) is 6.42 Å². The van der Waals surface area contributed by atoms with Crippen LogP contribution in [0.2, 0.25) is 5.02 Å². The lowest BCUT2D eigenvalue weighted by Gasteiger charge is -2.08. The minimum absolute atomic E-state index is 0.0689. The molecular weight excluding hydrogens is 294 g/mol. The predicted octanol–water partition coefficient (Wildman–Crippen LogP) is 3.44. The maximum absolute atomic E-state index is 11.8. The van der Waals surface area contributed by atoms with Crippen molar-refractivity contribution in [1.82, 2.24) is 4.98 Å². The molecule has 0 saturated carbocycles. The largest absolute Gasteiger partial charge is 0.397 e. The summed E-state index contributed by atoms with van der Waals surface area (Å²) in [5.74, 6) is 0.629. The third-order valence-electron chi connectivity index (χ3n) is 2.54. The van der Waals surface area contributed by atoms with Gasteiger partial charge in [-0.1, -0.05) is 11.6 Å². The number of aromatic nitrogens is 1. The molecule has 0 bridgehead atoms. The minimum atomic E-state index is -0.0689. The molecule has 1 amide bonds. The molecule has 0 saturated heterocycles. The molecule has 0 radical (unpaired) electrons. The highest BCUT2D eigenvalue weighted by Gasteiger charge is 2.06. The number of nitrogens with one attached hydrogen (secondary N) is 1. The molecule has 0 atom stereocenters. The maximum Gasteiger partial charge on any atom is 0.225 e. The van der Waals surface area contributed by atoms with E-state index in [9.17, 15) is 4.79 Å². The van der Waals surface area contributed by atoms with Gasteiger partial charge in [0, 0.05) is 34.5 Å². The summed E-state index contributed by atoms with van der Waals surface area (Å²) in [7, 11) is 0. The summed E-state index contributed by atoms with van der Waals surface area (Å²) in [6, 6.07) is 8.84. The molecule has 3 N–H and O–H groups in total. The van der Waals surface area contributed by atoms with Crippen molar-refractivity contribution in [3.05, 3.63) is 47.7 Å². The molecule has 0 fully saturated rings. The highest BCUT2D eigenvalue weighted by molar-refractivity contribution is 7.99. The SMILES string of the molecule is Nc1cc(Cl)ccc1NC(=O)CCSc1ccncc1. The van der Waals surface area contributed by atoms with Gasteiger partial charge < -0.3 is 11.1 Å². The lowest BCUT2D eigenvalue weighted by molar-refractivity contribution is -0.115. The minimum Gasteiger partial charge on any atom is -0.397 e. The summed E-state index contributed by atoms with van der Waals surface area (Å²) in [6.07, 6.45) is 3.88. The lowest BCUT2D eigenvalue weighted by Crippen LogP contribution is -2.13. The number of benzene rings is 1. The van der Waals surface area contributed by atoms with Crippen LogP contribution in [0.15, 0.2) is 47.6 Å². The summed E-state index contributed by atoms with van der Waals surface area (Å²) < 4.78 is 0. The molecule has 1 aromatic heterocycles. The monoisotopic (exact) mass is 307 g/mol. The Hall–Kier alpha value is -1.72. The molecule has 6 heteroatoms. The van der Waals surface area contributed by atoms with E-state index in [1.54, 1.807) is 42.4 Å². The Morgan fingerprint density at radius 1 is 1.30 bits per heavy atom. The van der Waals surface area contributed by atoms with E-state index in [4.69, 9.17) is 17.3 Å². The van der Waals surface area contributed by atoms with Gasteiger partial charge in [0.25, 0.3) is 0 Å². The van der Waals surface area contributed by atoms with Crippen LogP contribution in [0, 0.1) is 0 Å². The van der Waals surface area contributed by atoms with Crippen LogP contribution in [0.25, 0.3) is 0 Å². The van der Waals surface area contributed by atoms with Gasteiger partial charge in [0.1, 0.15) is 0 Å². The van der Waals surface area contributed by atoms with Crippen LogP contribution in [-0.4, -0.2) is 16.6 Å². The zero-order valence-electron chi connectivity index (χ0n) is 10.7. The van der Waals surface area contributed by atoms with Gasteiger partial charge in [0.05, 0.1) is 11.4 Å². The first-order chi connectivity index (χ1) is 9.65. The van der Waals surface area contributed by atoms with Gasteiger partial charge in [-0.25, -0.2) is 0 Å². The van der Waals surface area contributed by atoms with Crippen molar-refractivity contribution >= 4 is 40.6 Å². The van der Waals surface area contributed by atoms with E-state index in [1.165, 1.54) is 0 Å². The summed E-state index contributed by atoms with van der Waals surface area (Å²) in [5.41, 5.74) is 6.83. The Kier molecular flexibility index (Phi) is 5.26. The number of nitrogens with two attached hydrogens (primary N) is 1. The van der Waals surface area contributed by atoms with Crippen molar-refractivity contribution in [2.75, 3.05) is 16.8 Å². The quantitative estimate of drug-likeness (QED) is 0.656. The van der Waals surface area contributed by atoms with Crippen molar-refractivity contribution in [1.29, 1.82) is 0 Å². The Balaban J connectivity index is 1.81. The van der Waals surface area contributed by atoms with E-state index in [2.05, 4.69) is 10.3 Å². The van der Waals surface area contributed by atoms with Gasteiger partial charge in [-0.15, -0.1) is 11.8 Å². The molecule has 104 valence electrons. The molecule has 1 aromatic carbocycles. The van der Waals surface area contributed by atoms with E-state index >= 15 is 0 Å². The average Bonchev–Trinajstić information content (AvgIpc) is 2.43. The standard InChI is InChI=1S/C14H14ClN3OS/c15-10-1-2-13(12(16)9-10)18-14(19)5-8-20-11-3-6-17-7-4-11/h1-4,6-7,9H,5,8,16H2,(H,18,19). The van der Waals surface area contributed by atoms with E-state index in [0.29, 0.717) is 28.6 Å². The molecule has 0 spiro atoms. The predicted molar refractivity (Wildman–Crippen MR) is 84.1 cm³/mol. The van der Waals surface area contributed by atoms with Gasteiger partial charge >= 0.3 is 0 Å². The third-order valence-corrected chi connectivity index (χ3v) is 3.78. The topological polar surface area (TPSA) is 68.0 Å². The zero-order chi connectivity index (χ0) is 14.4. The van der Waals surface area contributed by atoms with Gasteiger partial charge in [0.15, 0.2) is 0 Å². The molecule has 0 aliphatic rings. The number of nitrogens with zero attached hydrogens (tertiary/aromatic N) is 1. The molecule has 20 heavy (non-hydrogen) atoms. The zero-order valence-corrected chi connectivity index (χ0v) is 12.2. The highest BCUT2D eigenvalue weighted by Crippen LogP contribution is 2.23. The number of rotatable bonds is 5. The fraction of sp³-hybridized carbons (Fsp3) is 0.143. The van der Waals surface area contributed by atoms with Crippen LogP contribution in [0.3, 0.4) is 0 Å². The number of hydrogen-bond acceptors (Lipinski definition) is 4. The number of carbonyl (C=O) groups is 1. The molecule has 4 nitrogen and oxygen atoms in total. The van der Waals surface area contributed by atoms with Crippen molar-refractivity contribution in [2.45, 2.75) is 11.3 Å². The number of amides is 1. The number of halogens is 1. The van der Waals surface area contributed by atoms with Crippen LogP contribution in [-0.2, 0) is 4.79 Å². The number of nitrogen functional groups attached to an aromatic ring is 1. The lowest BCUT2D eigenvalue weighted by atomic mass is 10.2. The van der Waals surface area contributed by atoms with E-state index in [-0.39, 0.29) is 5.91 Å². The molecule has 2 aromatic rings. The highest BCUT2D eigenvalue weighted by atomic mass is 35.5. The van der Waals surface area contributed by atoms with Crippen LogP contribution in [0.4, 0.5) is 11.4 Å². The fourth-order valence-corrected chi connectivity index (χ4v) is 2.57. The number of pyridine rings is 1. The summed E-state index contributed by atoms with van der Waals surface area (Å²) >= 11 is 7.42.